The summed E-state index contributed by atoms with van der Waals surface area (Å²) in [6.07, 6.45) is 11.3. The average Bonchev–Trinajstić information content (AvgIpc) is 3.70. The van der Waals surface area contributed by atoms with Gasteiger partial charge in [-0.05, 0) is 117 Å². The Hall–Kier alpha value is -3.27. The number of hydrogen-bond acceptors (Lipinski definition) is 6. The summed E-state index contributed by atoms with van der Waals surface area (Å²) in [6, 6.07) is 15.3. The molecular formula is C34H39FN4O4S. The van der Waals surface area contributed by atoms with E-state index in [-0.39, 0.29) is 22.2 Å². The number of rotatable bonds is 10. The minimum atomic E-state index is -3.36. The van der Waals surface area contributed by atoms with Crippen LogP contribution in [-0.2, 0) is 20.2 Å². The highest BCUT2D eigenvalue weighted by atomic mass is 32.2. The molecule has 7 aliphatic rings. The standard InChI is InChI=1S/C34H39FN4O4S/c1-44(41,42)38-26-9-7-23(8-10-26)25-3-2-4-27(17-25)39(28(40)18-32-19-34(35,20-32)21-32)22-31-11-14-33(15-12-31,16-13-31)30-36-29(37-43-30)24-5-6-24/h2-4,7-10,17,24,38H,5-6,11-16,18-22H2,1H3. The molecule has 232 valence electrons. The van der Waals surface area contributed by atoms with Crippen LogP contribution in [0.2, 0.25) is 0 Å². The Morgan fingerprint density at radius 1 is 0.977 bits per heavy atom. The van der Waals surface area contributed by atoms with E-state index in [0.29, 0.717) is 43.8 Å². The molecule has 7 aliphatic carbocycles. The Morgan fingerprint density at radius 2 is 1.66 bits per heavy atom. The highest BCUT2D eigenvalue weighted by Gasteiger charge is 2.69. The van der Waals surface area contributed by atoms with Crippen LogP contribution in [-0.4, -0.2) is 42.9 Å². The largest absolute Gasteiger partial charge is 0.339 e. The van der Waals surface area contributed by atoms with Gasteiger partial charge in [-0.15, -0.1) is 0 Å². The molecule has 0 unspecified atom stereocenters. The van der Waals surface area contributed by atoms with Gasteiger partial charge >= 0.3 is 0 Å². The Balaban J connectivity index is 1.04. The van der Waals surface area contributed by atoms with E-state index in [0.717, 1.165) is 86.2 Å². The van der Waals surface area contributed by atoms with Crippen molar-refractivity contribution in [1.82, 2.24) is 10.1 Å². The first-order valence-electron chi connectivity index (χ1n) is 16.0. The lowest BCUT2D eigenvalue weighted by Crippen LogP contribution is -2.65. The Morgan fingerprint density at radius 3 is 2.27 bits per heavy atom. The normalized spacial score (nSPS) is 32.0. The number of halogens is 1. The van der Waals surface area contributed by atoms with E-state index in [1.54, 1.807) is 12.1 Å². The first-order valence-corrected chi connectivity index (χ1v) is 17.9. The van der Waals surface area contributed by atoms with E-state index in [1.807, 2.05) is 35.2 Å². The van der Waals surface area contributed by atoms with Crippen LogP contribution in [0, 0.1) is 10.8 Å². The minimum Gasteiger partial charge on any atom is -0.339 e. The van der Waals surface area contributed by atoms with Crippen molar-refractivity contribution in [1.29, 1.82) is 0 Å². The molecule has 8 nitrogen and oxygen atoms in total. The van der Waals surface area contributed by atoms with E-state index in [2.05, 4.69) is 15.9 Å². The zero-order chi connectivity index (χ0) is 30.4. The lowest BCUT2D eigenvalue weighted by molar-refractivity contribution is -0.215. The molecule has 0 atom stereocenters. The van der Waals surface area contributed by atoms with Crippen LogP contribution in [0.5, 0.6) is 0 Å². The molecule has 10 heteroatoms. The lowest BCUT2D eigenvalue weighted by atomic mass is 9.41. The molecule has 0 saturated heterocycles. The van der Waals surface area contributed by atoms with Gasteiger partial charge < -0.3 is 9.42 Å². The SMILES string of the molecule is CS(=O)(=O)Nc1ccc(-c2cccc(N(CC34CCC(c5nc(C6CC6)no5)(CC3)CC4)C(=O)CC34CC(F)(C3)C4)c2)cc1. The number of nitrogens with zero attached hydrogens (tertiary/aromatic N) is 3. The van der Waals surface area contributed by atoms with Crippen LogP contribution in [0.1, 0.15) is 94.7 Å². The maximum absolute atomic E-state index is 14.4. The van der Waals surface area contributed by atoms with Gasteiger partial charge in [-0.25, -0.2) is 12.8 Å². The van der Waals surface area contributed by atoms with Gasteiger partial charge in [-0.1, -0.05) is 29.4 Å². The molecule has 7 saturated carbocycles. The first kappa shape index (κ1) is 28.2. The summed E-state index contributed by atoms with van der Waals surface area (Å²) in [5, 5.41) is 4.31. The van der Waals surface area contributed by atoms with Crippen molar-refractivity contribution >= 4 is 27.3 Å². The van der Waals surface area contributed by atoms with Crippen molar-refractivity contribution in [2.45, 2.75) is 94.1 Å². The van der Waals surface area contributed by atoms with E-state index in [1.165, 1.54) is 0 Å². The molecule has 1 heterocycles. The fraction of sp³-hybridized carbons (Fsp3) is 0.559. The molecular weight excluding hydrogens is 579 g/mol. The zero-order valence-corrected chi connectivity index (χ0v) is 26.0. The predicted molar refractivity (Wildman–Crippen MR) is 166 cm³/mol. The van der Waals surface area contributed by atoms with Gasteiger partial charge in [0.05, 0.1) is 6.26 Å². The van der Waals surface area contributed by atoms with Crippen LogP contribution < -0.4 is 9.62 Å². The number of anilines is 2. The molecule has 44 heavy (non-hydrogen) atoms. The summed E-state index contributed by atoms with van der Waals surface area (Å²) in [5.41, 5.74) is 2.01. The number of sulfonamides is 1. The molecule has 1 N–H and O–H groups in total. The van der Waals surface area contributed by atoms with E-state index >= 15 is 0 Å². The number of hydrogen-bond donors (Lipinski definition) is 1. The van der Waals surface area contributed by atoms with Crippen molar-refractivity contribution in [3.63, 3.8) is 0 Å². The van der Waals surface area contributed by atoms with Gasteiger partial charge in [0, 0.05) is 35.7 Å². The van der Waals surface area contributed by atoms with Crippen molar-refractivity contribution in [2.75, 3.05) is 22.4 Å². The highest BCUT2D eigenvalue weighted by Crippen LogP contribution is 2.71. The van der Waals surface area contributed by atoms with Crippen LogP contribution in [0.3, 0.4) is 0 Å². The van der Waals surface area contributed by atoms with Crippen LogP contribution in [0.15, 0.2) is 53.1 Å². The molecule has 1 amide bonds. The average molecular weight is 619 g/mol. The lowest BCUT2D eigenvalue weighted by Gasteiger charge is -2.66. The highest BCUT2D eigenvalue weighted by molar-refractivity contribution is 7.92. The summed E-state index contributed by atoms with van der Waals surface area (Å²) in [6.45, 7) is 0.649. The molecule has 2 aromatic carbocycles. The quantitative estimate of drug-likeness (QED) is 0.265. The minimum absolute atomic E-state index is 0.0203. The maximum Gasteiger partial charge on any atom is 0.232 e. The third kappa shape index (κ3) is 5.03. The third-order valence-electron chi connectivity index (χ3n) is 11.3. The molecule has 4 bridgehead atoms. The van der Waals surface area contributed by atoms with E-state index in [9.17, 15) is 17.6 Å². The zero-order valence-electron chi connectivity index (χ0n) is 25.1. The van der Waals surface area contributed by atoms with Gasteiger partial charge in [0.2, 0.25) is 21.8 Å². The molecule has 0 spiro atoms. The Kier molecular flexibility index (Phi) is 6.17. The van der Waals surface area contributed by atoms with Crippen molar-refractivity contribution in [2.24, 2.45) is 10.8 Å². The van der Waals surface area contributed by atoms with Gasteiger partial charge in [-0.2, -0.15) is 4.98 Å². The van der Waals surface area contributed by atoms with E-state index in [4.69, 9.17) is 9.51 Å². The van der Waals surface area contributed by atoms with Crippen LogP contribution in [0.25, 0.3) is 11.1 Å². The van der Waals surface area contributed by atoms with Crippen LogP contribution >= 0.6 is 0 Å². The van der Waals surface area contributed by atoms with Gasteiger partial charge in [0.1, 0.15) is 5.67 Å². The van der Waals surface area contributed by atoms with E-state index < -0.39 is 15.7 Å². The molecule has 10 rings (SSSR count). The smallest absolute Gasteiger partial charge is 0.232 e. The number of aromatic nitrogens is 2. The monoisotopic (exact) mass is 618 g/mol. The fourth-order valence-electron chi connectivity index (χ4n) is 8.70. The number of carbonyl (C=O) groups is 1. The third-order valence-corrected chi connectivity index (χ3v) is 11.9. The number of benzene rings is 2. The summed E-state index contributed by atoms with van der Waals surface area (Å²) < 4.78 is 46.0. The van der Waals surface area contributed by atoms with Gasteiger partial charge in [0.15, 0.2) is 5.82 Å². The topological polar surface area (TPSA) is 105 Å². The first-order chi connectivity index (χ1) is 20.9. The second-order valence-electron chi connectivity index (χ2n) is 14.9. The maximum atomic E-state index is 14.4. The van der Waals surface area contributed by atoms with Crippen molar-refractivity contribution in [3.8, 4) is 11.1 Å². The molecule has 0 aliphatic heterocycles. The second kappa shape index (κ2) is 9.61. The summed E-state index contributed by atoms with van der Waals surface area (Å²) in [5.74, 6) is 2.24. The molecule has 1 aromatic heterocycles. The van der Waals surface area contributed by atoms with Crippen molar-refractivity contribution in [3.05, 3.63) is 60.2 Å². The molecule has 3 aromatic rings. The van der Waals surface area contributed by atoms with Crippen molar-refractivity contribution < 1.29 is 22.1 Å². The summed E-state index contributed by atoms with van der Waals surface area (Å²) in [4.78, 5) is 20.9. The van der Waals surface area contributed by atoms with Gasteiger partial charge in [-0.3, -0.25) is 9.52 Å². The Bertz CT molecular complexity index is 1690. The second-order valence-corrected chi connectivity index (χ2v) is 16.6. The molecule has 7 fully saturated rings. The molecule has 0 radical (unpaired) electrons. The number of nitrogens with one attached hydrogen (secondary N) is 1. The Labute approximate surface area is 257 Å². The van der Waals surface area contributed by atoms with Crippen LogP contribution in [0.4, 0.5) is 15.8 Å². The van der Waals surface area contributed by atoms with Gasteiger partial charge in [0.25, 0.3) is 0 Å². The summed E-state index contributed by atoms with van der Waals surface area (Å²) in [7, 11) is -3.36. The predicted octanol–water partition coefficient (Wildman–Crippen LogP) is 6.89. The number of carbonyl (C=O) groups excluding carboxylic acids is 1. The summed E-state index contributed by atoms with van der Waals surface area (Å²) >= 11 is 0. The number of alkyl halides is 1. The number of amides is 1. The fourth-order valence-corrected chi connectivity index (χ4v) is 9.26. The number of fused-ring (bicyclic) bond motifs is 3.